The Morgan fingerprint density at radius 2 is 1.92 bits per heavy atom. The Bertz CT molecular complexity index is 816. The van der Waals surface area contributed by atoms with Crippen molar-refractivity contribution in [3.8, 4) is 0 Å². The number of benzene rings is 1. The number of amides is 1. The molecular weight excluding hydrogens is 318 g/mol. The lowest BCUT2D eigenvalue weighted by atomic mass is 9.95. The summed E-state index contributed by atoms with van der Waals surface area (Å²) in [6.07, 6.45) is 1.75. The first-order valence-electron chi connectivity index (χ1n) is 8.30. The van der Waals surface area contributed by atoms with Crippen molar-refractivity contribution in [3.05, 3.63) is 65.3 Å². The van der Waals surface area contributed by atoms with Crippen molar-refractivity contribution < 1.29 is 19.1 Å². The molecule has 2 aromatic rings. The smallest absolute Gasteiger partial charge is 0.294 e. The zero-order valence-corrected chi connectivity index (χ0v) is 14.5. The van der Waals surface area contributed by atoms with Crippen molar-refractivity contribution in [2.24, 2.45) is 5.92 Å². The van der Waals surface area contributed by atoms with Crippen LogP contribution in [0, 0.1) is 12.8 Å². The molecule has 1 unspecified atom stereocenters. The minimum absolute atomic E-state index is 0.106. The second-order valence-electron chi connectivity index (χ2n) is 6.71. The Morgan fingerprint density at radius 3 is 2.48 bits per heavy atom. The van der Waals surface area contributed by atoms with Crippen LogP contribution >= 0.6 is 0 Å². The van der Waals surface area contributed by atoms with E-state index in [4.69, 9.17) is 4.42 Å². The van der Waals surface area contributed by atoms with Crippen LogP contribution < -0.4 is 4.90 Å². The van der Waals surface area contributed by atoms with Crippen LogP contribution in [0.15, 0.2) is 58.4 Å². The van der Waals surface area contributed by atoms with Crippen LogP contribution in [-0.2, 0) is 9.59 Å². The normalized spacial score (nSPS) is 17.7. The van der Waals surface area contributed by atoms with Crippen molar-refractivity contribution in [1.82, 2.24) is 0 Å². The van der Waals surface area contributed by atoms with Crippen LogP contribution in [0.5, 0.6) is 0 Å². The molecule has 0 fully saturated rings. The number of aliphatic hydroxyl groups is 1. The maximum atomic E-state index is 12.7. The molecule has 5 nitrogen and oxygen atoms in total. The highest BCUT2D eigenvalue weighted by molar-refractivity contribution is 6.16. The van der Waals surface area contributed by atoms with Crippen molar-refractivity contribution in [1.29, 1.82) is 0 Å². The molecule has 1 aliphatic heterocycles. The van der Waals surface area contributed by atoms with Gasteiger partial charge in [-0.1, -0.05) is 31.5 Å². The van der Waals surface area contributed by atoms with Gasteiger partial charge in [0.15, 0.2) is 11.5 Å². The molecule has 0 saturated heterocycles. The third kappa shape index (κ3) is 3.09. The molecular formula is C20H21NO4. The zero-order valence-electron chi connectivity index (χ0n) is 14.5. The predicted molar refractivity (Wildman–Crippen MR) is 94.2 cm³/mol. The lowest BCUT2D eigenvalue weighted by Gasteiger charge is -2.25. The number of furan rings is 1. The van der Waals surface area contributed by atoms with E-state index in [2.05, 4.69) is 0 Å². The molecule has 5 heteroatoms. The molecule has 1 aromatic heterocycles. The van der Waals surface area contributed by atoms with Gasteiger partial charge in [-0.2, -0.15) is 0 Å². The molecule has 25 heavy (non-hydrogen) atoms. The number of anilines is 1. The van der Waals surface area contributed by atoms with E-state index in [0.29, 0.717) is 11.4 Å². The molecule has 0 aliphatic carbocycles. The number of carbonyl (C=O) groups is 2. The van der Waals surface area contributed by atoms with E-state index in [9.17, 15) is 14.7 Å². The summed E-state index contributed by atoms with van der Waals surface area (Å²) in [5.41, 5.74) is 1.77. The number of aliphatic hydroxyl groups excluding tert-OH is 1. The first-order chi connectivity index (χ1) is 11.9. The van der Waals surface area contributed by atoms with Crippen LogP contribution in [-0.4, -0.2) is 16.8 Å². The second-order valence-corrected chi connectivity index (χ2v) is 6.71. The van der Waals surface area contributed by atoms with Crippen LogP contribution in [0.1, 0.15) is 37.6 Å². The van der Waals surface area contributed by atoms with E-state index in [0.717, 1.165) is 5.56 Å². The fourth-order valence-corrected chi connectivity index (χ4v) is 3.06. The van der Waals surface area contributed by atoms with Gasteiger partial charge in [-0.15, -0.1) is 0 Å². The maximum absolute atomic E-state index is 12.7. The van der Waals surface area contributed by atoms with Gasteiger partial charge in [-0.3, -0.25) is 14.5 Å². The number of hydrogen-bond acceptors (Lipinski definition) is 4. The van der Waals surface area contributed by atoms with Gasteiger partial charge >= 0.3 is 0 Å². The van der Waals surface area contributed by atoms with Crippen molar-refractivity contribution in [2.75, 3.05) is 4.90 Å². The monoisotopic (exact) mass is 339 g/mol. The summed E-state index contributed by atoms with van der Waals surface area (Å²) in [6, 6.07) is 10.0. The first kappa shape index (κ1) is 17.0. The number of ketones is 1. The summed E-state index contributed by atoms with van der Waals surface area (Å²) >= 11 is 0. The lowest BCUT2D eigenvalue weighted by molar-refractivity contribution is -0.118. The van der Waals surface area contributed by atoms with Gasteiger partial charge in [-0.25, -0.2) is 0 Å². The number of hydrogen-bond donors (Lipinski definition) is 1. The molecule has 0 saturated carbocycles. The largest absolute Gasteiger partial charge is 0.503 e. The quantitative estimate of drug-likeness (QED) is 0.890. The molecule has 1 atom stereocenters. The number of nitrogens with zero attached hydrogens (tertiary/aromatic N) is 1. The topological polar surface area (TPSA) is 70.8 Å². The standard InChI is InChI=1S/C20H21NO4/c1-12(2)11-15(22)17-18(16-5-4-10-25-16)21(20(24)19(17)23)14-8-6-13(3)7-9-14/h4-10,12,18,23H,11H2,1-3H3. The van der Waals surface area contributed by atoms with E-state index < -0.39 is 17.7 Å². The van der Waals surface area contributed by atoms with Gasteiger partial charge < -0.3 is 9.52 Å². The summed E-state index contributed by atoms with van der Waals surface area (Å²) in [4.78, 5) is 26.8. The van der Waals surface area contributed by atoms with Crippen LogP contribution in [0.25, 0.3) is 0 Å². The Balaban J connectivity index is 2.09. The molecule has 1 aliphatic rings. The minimum Gasteiger partial charge on any atom is -0.503 e. The number of carbonyl (C=O) groups excluding carboxylic acids is 2. The molecule has 130 valence electrons. The Morgan fingerprint density at radius 1 is 1.24 bits per heavy atom. The summed E-state index contributed by atoms with van der Waals surface area (Å²) in [5.74, 6) is -0.750. The van der Waals surface area contributed by atoms with E-state index in [1.807, 2.05) is 32.9 Å². The van der Waals surface area contributed by atoms with Crippen molar-refractivity contribution in [2.45, 2.75) is 33.2 Å². The van der Waals surface area contributed by atoms with Gasteiger partial charge in [0.2, 0.25) is 0 Å². The van der Waals surface area contributed by atoms with E-state index in [1.165, 1.54) is 11.2 Å². The SMILES string of the molecule is Cc1ccc(N2C(=O)C(O)=C(C(=O)CC(C)C)C2c2ccco2)cc1. The Kier molecular flexibility index (Phi) is 4.49. The third-order valence-electron chi connectivity index (χ3n) is 4.23. The van der Waals surface area contributed by atoms with E-state index in [1.54, 1.807) is 24.3 Å². The number of Topliss-reactive ketones (excluding diaryl/α,β-unsaturated/α-hetero) is 1. The summed E-state index contributed by atoms with van der Waals surface area (Å²) in [6.45, 7) is 5.80. The average Bonchev–Trinajstić information content (AvgIpc) is 3.16. The van der Waals surface area contributed by atoms with E-state index in [-0.39, 0.29) is 23.7 Å². The molecule has 2 heterocycles. The van der Waals surface area contributed by atoms with Gasteiger partial charge in [0.25, 0.3) is 5.91 Å². The summed E-state index contributed by atoms with van der Waals surface area (Å²) < 4.78 is 5.48. The Labute approximate surface area is 146 Å². The third-order valence-corrected chi connectivity index (χ3v) is 4.23. The predicted octanol–water partition coefficient (Wildman–Crippen LogP) is 4.10. The summed E-state index contributed by atoms with van der Waals surface area (Å²) in [5, 5.41) is 10.4. The van der Waals surface area contributed by atoms with Crippen LogP contribution in [0.3, 0.4) is 0 Å². The second kappa shape index (κ2) is 6.59. The highest BCUT2D eigenvalue weighted by Gasteiger charge is 2.45. The fraction of sp³-hybridized carbons (Fsp3) is 0.300. The minimum atomic E-state index is -0.753. The first-order valence-corrected chi connectivity index (χ1v) is 8.30. The molecule has 1 N–H and O–H groups in total. The van der Waals surface area contributed by atoms with Gasteiger partial charge in [-0.05, 0) is 37.1 Å². The number of aryl methyl sites for hydroxylation is 1. The zero-order chi connectivity index (χ0) is 18.1. The number of rotatable bonds is 5. The molecule has 1 aromatic carbocycles. The fourth-order valence-electron chi connectivity index (χ4n) is 3.06. The van der Waals surface area contributed by atoms with Crippen LogP contribution in [0.4, 0.5) is 5.69 Å². The van der Waals surface area contributed by atoms with Gasteiger partial charge in [0.05, 0.1) is 11.8 Å². The summed E-state index contributed by atoms with van der Waals surface area (Å²) in [7, 11) is 0. The molecule has 3 rings (SSSR count). The van der Waals surface area contributed by atoms with Crippen molar-refractivity contribution in [3.63, 3.8) is 0 Å². The van der Waals surface area contributed by atoms with E-state index >= 15 is 0 Å². The Hall–Kier alpha value is -2.82. The van der Waals surface area contributed by atoms with Crippen LogP contribution in [0.2, 0.25) is 0 Å². The van der Waals surface area contributed by atoms with Gasteiger partial charge in [0, 0.05) is 12.1 Å². The molecule has 0 radical (unpaired) electrons. The highest BCUT2D eigenvalue weighted by Crippen LogP contribution is 2.41. The van der Waals surface area contributed by atoms with Gasteiger partial charge in [0.1, 0.15) is 11.8 Å². The maximum Gasteiger partial charge on any atom is 0.294 e. The average molecular weight is 339 g/mol. The molecule has 1 amide bonds. The lowest BCUT2D eigenvalue weighted by Crippen LogP contribution is -2.30. The molecule has 0 spiro atoms. The molecule has 0 bridgehead atoms. The highest BCUT2D eigenvalue weighted by atomic mass is 16.3. The van der Waals surface area contributed by atoms with Crippen molar-refractivity contribution >= 4 is 17.4 Å².